The van der Waals surface area contributed by atoms with E-state index in [9.17, 15) is 4.79 Å². The van der Waals surface area contributed by atoms with Gasteiger partial charge >= 0.3 is 5.97 Å². The summed E-state index contributed by atoms with van der Waals surface area (Å²) in [4.78, 5) is 15.8. The fourth-order valence-corrected chi connectivity index (χ4v) is 7.10. The Morgan fingerprint density at radius 3 is 2.29 bits per heavy atom. The lowest BCUT2D eigenvalue weighted by Crippen LogP contribution is -2.48. The Balaban J connectivity index is 1.34. The van der Waals surface area contributed by atoms with Crippen LogP contribution in [-0.2, 0) is 10.2 Å². The number of rotatable bonds is 8. The molecule has 7 rings (SSSR count). The fraction of sp³-hybridized carbons (Fsp3) is 0.464. The van der Waals surface area contributed by atoms with Crippen LogP contribution in [0.4, 0.5) is 0 Å². The quantitative estimate of drug-likeness (QED) is 0.425. The molecular formula is C28H30N2O5. The fourth-order valence-electron chi connectivity index (χ4n) is 7.10. The third-order valence-corrected chi connectivity index (χ3v) is 8.20. The summed E-state index contributed by atoms with van der Waals surface area (Å²) in [5.41, 5.74) is 3.26. The Bertz CT molecular complexity index is 1200. The molecule has 0 amide bonds. The van der Waals surface area contributed by atoms with E-state index in [0.717, 1.165) is 29.1 Å². The van der Waals surface area contributed by atoms with E-state index in [-0.39, 0.29) is 11.0 Å². The number of hydrogen-bond acceptors (Lipinski definition) is 6. The maximum Gasteiger partial charge on any atom is 0.335 e. The zero-order valence-corrected chi connectivity index (χ0v) is 19.9. The summed E-state index contributed by atoms with van der Waals surface area (Å²) >= 11 is 0. The summed E-state index contributed by atoms with van der Waals surface area (Å²) in [5.74, 6) is 3.34. The zero-order chi connectivity index (χ0) is 24.0. The average molecular weight is 475 g/mol. The van der Waals surface area contributed by atoms with Gasteiger partial charge in [-0.2, -0.15) is 4.98 Å². The van der Waals surface area contributed by atoms with Crippen LogP contribution in [0.5, 0.6) is 5.75 Å². The van der Waals surface area contributed by atoms with Gasteiger partial charge in [-0.15, -0.1) is 0 Å². The molecule has 0 atom stereocenters. The minimum Gasteiger partial charge on any atom is -0.491 e. The molecule has 0 saturated heterocycles. The Hall–Kier alpha value is -3.19. The Morgan fingerprint density at radius 1 is 1.00 bits per heavy atom. The van der Waals surface area contributed by atoms with Gasteiger partial charge in [-0.3, -0.25) is 0 Å². The van der Waals surface area contributed by atoms with E-state index in [1.165, 1.54) is 44.1 Å². The standard InChI is InChI=1S/C28H30N2O5/c1-33-8-9-34-24-7-6-22(13-23(24)28-14-17-10-18(15-28)12-19(11-17)16-28)25-29-26(35-30-25)20-2-4-21(5-3-20)27(31)32/h2-7,13,17-19H,8-12,14-16H2,1H3,(H,31,32). The van der Waals surface area contributed by atoms with Gasteiger partial charge in [0.2, 0.25) is 5.82 Å². The van der Waals surface area contributed by atoms with E-state index in [1.807, 2.05) is 6.07 Å². The molecule has 4 saturated carbocycles. The summed E-state index contributed by atoms with van der Waals surface area (Å²) in [6.07, 6.45) is 7.85. The molecule has 4 bridgehead atoms. The predicted octanol–water partition coefficient (Wildman–Crippen LogP) is 5.59. The molecule has 2 aromatic carbocycles. The Kier molecular flexibility index (Phi) is 5.60. The largest absolute Gasteiger partial charge is 0.491 e. The van der Waals surface area contributed by atoms with Crippen molar-refractivity contribution in [1.82, 2.24) is 10.1 Å². The molecule has 35 heavy (non-hydrogen) atoms. The maximum absolute atomic E-state index is 11.1. The average Bonchev–Trinajstić information content (AvgIpc) is 3.34. The van der Waals surface area contributed by atoms with Crippen molar-refractivity contribution in [3.05, 3.63) is 53.6 Å². The Morgan fingerprint density at radius 2 is 1.66 bits per heavy atom. The number of carboxylic acid groups (broad SMARTS) is 1. The van der Waals surface area contributed by atoms with Crippen molar-refractivity contribution in [1.29, 1.82) is 0 Å². The molecule has 1 heterocycles. The summed E-state index contributed by atoms with van der Waals surface area (Å²) in [5, 5.41) is 13.4. The van der Waals surface area contributed by atoms with Crippen molar-refractivity contribution < 1.29 is 23.9 Å². The number of carbonyl (C=O) groups is 1. The second kappa shape index (κ2) is 8.79. The molecule has 7 nitrogen and oxygen atoms in total. The molecule has 0 spiro atoms. The van der Waals surface area contributed by atoms with Crippen LogP contribution < -0.4 is 4.74 Å². The lowest BCUT2D eigenvalue weighted by molar-refractivity contribution is -0.00658. The molecule has 0 radical (unpaired) electrons. The maximum atomic E-state index is 11.1. The van der Waals surface area contributed by atoms with Gasteiger partial charge in [-0.1, -0.05) is 5.16 Å². The van der Waals surface area contributed by atoms with Crippen molar-refractivity contribution in [2.45, 2.75) is 43.9 Å². The van der Waals surface area contributed by atoms with Crippen LogP contribution in [0.2, 0.25) is 0 Å². The topological polar surface area (TPSA) is 94.7 Å². The van der Waals surface area contributed by atoms with Gasteiger partial charge in [0.1, 0.15) is 12.4 Å². The molecule has 4 aliphatic carbocycles. The van der Waals surface area contributed by atoms with Crippen molar-refractivity contribution in [3.8, 4) is 28.6 Å². The summed E-state index contributed by atoms with van der Waals surface area (Å²) in [6, 6.07) is 12.7. The molecule has 3 aromatic rings. The van der Waals surface area contributed by atoms with Gasteiger partial charge in [0.05, 0.1) is 12.2 Å². The van der Waals surface area contributed by atoms with Crippen LogP contribution >= 0.6 is 0 Å². The number of ether oxygens (including phenoxy) is 2. The van der Waals surface area contributed by atoms with E-state index in [0.29, 0.717) is 30.5 Å². The van der Waals surface area contributed by atoms with Gasteiger partial charge in [-0.25, -0.2) is 4.79 Å². The molecule has 7 heteroatoms. The molecular weight excluding hydrogens is 444 g/mol. The SMILES string of the molecule is COCCOc1ccc(-c2noc(-c3ccc(C(=O)O)cc3)n2)cc1C12CC3CC(CC(C3)C1)C2. The minimum atomic E-state index is -0.965. The van der Waals surface area contributed by atoms with E-state index in [2.05, 4.69) is 22.3 Å². The van der Waals surface area contributed by atoms with Crippen LogP contribution in [0.1, 0.15) is 54.4 Å². The third kappa shape index (κ3) is 4.12. The van der Waals surface area contributed by atoms with Crippen molar-refractivity contribution in [2.75, 3.05) is 20.3 Å². The zero-order valence-electron chi connectivity index (χ0n) is 19.9. The van der Waals surface area contributed by atoms with Crippen LogP contribution in [0.15, 0.2) is 47.0 Å². The first-order valence-electron chi connectivity index (χ1n) is 12.5. The van der Waals surface area contributed by atoms with Crippen LogP contribution in [-0.4, -0.2) is 41.5 Å². The van der Waals surface area contributed by atoms with Gasteiger partial charge in [0, 0.05) is 23.8 Å². The summed E-state index contributed by atoms with van der Waals surface area (Å²) < 4.78 is 17.0. The van der Waals surface area contributed by atoms with Crippen LogP contribution in [0, 0.1) is 17.8 Å². The highest BCUT2D eigenvalue weighted by Crippen LogP contribution is 2.62. The molecule has 1 aromatic heterocycles. The number of aromatic nitrogens is 2. The number of carboxylic acids is 1. The number of nitrogens with zero attached hydrogens (tertiary/aromatic N) is 2. The number of benzene rings is 2. The second-order valence-electron chi connectivity index (χ2n) is 10.6. The molecule has 182 valence electrons. The monoisotopic (exact) mass is 474 g/mol. The van der Waals surface area contributed by atoms with Gasteiger partial charge in [0.15, 0.2) is 0 Å². The number of aromatic carboxylic acids is 1. The predicted molar refractivity (Wildman–Crippen MR) is 129 cm³/mol. The highest BCUT2D eigenvalue weighted by atomic mass is 16.5. The number of hydrogen-bond donors (Lipinski definition) is 1. The van der Waals surface area contributed by atoms with Gasteiger partial charge < -0.3 is 19.1 Å². The van der Waals surface area contributed by atoms with Gasteiger partial charge in [0.25, 0.3) is 5.89 Å². The normalized spacial score (nSPS) is 26.7. The van der Waals surface area contributed by atoms with Crippen LogP contribution in [0.3, 0.4) is 0 Å². The second-order valence-corrected chi connectivity index (χ2v) is 10.6. The first-order valence-corrected chi connectivity index (χ1v) is 12.5. The van der Waals surface area contributed by atoms with E-state index in [1.54, 1.807) is 31.4 Å². The van der Waals surface area contributed by atoms with E-state index >= 15 is 0 Å². The first kappa shape index (κ1) is 22.3. The molecule has 4 aliphatic rings. The van der Waals surface area contributed by atoms with Crippen molar-refractivity contribution in [2.24, 2.45) is 17.8 Å². The molecule has 1 N–H and O–H groups in total. The summed E-state index contributed by atoms with van der Waals surface area (Å²) in [7, 11) is 1.69. The minimum absolute atomic E-state index is 0.159. The van der Waals surface area contributed by atoms with Crippen molar-refractivity contribution >= 4 is 5.97 Å². The number of methoxy groups -OCH3 is 1. The molecule has 4 fully saturated rings. The lowest BCUT2D eigenvalue weighted by Gasteiger charge is -2.57. The van der Waals surface area contributed by atoms with E-state index < -0.39 is 5.97 Å². The Labute approximate surface area is 204 Å². The summed E-state index contributed by atoms with van der Waals surface area (Å²) in [6.45, 7) is 1.07. The van der Waals surface area contributed by atoms with Gasteiger partial charge in [-0.05, 0) is 104 Å². The van der Waals surface area contributed by atoms with Crippen molar-refractivity contribution in [3.63, 3.8) is 0 Å². The molecule has 0 aliphatic heterocycles. The molecule has 0 unspecified atom stereocenters. The lowest BCUT2D eigenvalue weighted by atomic mass is 9.48. The third-order valence-electron chi connectivity index (χ3n) is 8.20. The van der Waals surface area contributed by atoms with E-state index in [4.69, 9.17) is 19.1 Å². The first-order chi connectivity index (χ1) is 17.0. The highest BCUT2D eigenvalue weighted by Gasteiger charge is 2.52. The smallest absolute Gasteiger partial charge is 0.335 e. The van der Waals surface area contributed by atoms with Crippen LogP contribution in [0.25, 0.3) is 22.8 Å². The highest BCUT2D eigenvalue weighted by molar-refractivity contribution is 5.88.